The maximum absolute atomic E-state index is 2.86. The summed E-state index contributed by atoms with van der Waals surface area (Å²) in [5.41, 5.74) is 10.2. The summed E-state index contributed by atoms with van der Waals surface area (Å²) in [5.74, 6) is 0. The third kappa shape index (κ3) is 5.32. The van der Waals surface area contributed by atoms with E-state index in [0.717, 1.165) is 0 Å². The molecule has 2 aliphatic rings. The van der Waals surface area contributed by atoms with Crippen molar-refractivity contribution in [1.82, 2.24) is 0 Å². The number of rotatable bonds is 8. The lowest BCUT2D eigenvalue weighted by atomic mass is 9.70. The van der Waals surface area contributed by atoms with Gasteiger partial charge in [0.15, 0.2) is 16.1 Å². The smallest absolute Gasteiger partial charge is 0.0623 e. The van der Waals surface area contributed by atoms with E-state index < -0.39 is 21.6 Å². The highest BCUT2D eigenvalue weighted by Crippen LogP contribution is 2.62. The van der Waals surface area contributed by atoms with Crippen molar-refractivity contribution in [3.05, 3.63) is 289 Å². The van der Waals surface area contributed by atoms with Gasteiger partial charge < -0.3 is 0 Å². The summed E-state index contributed by atoms with van der Waals surface area (Å²) in [5, 5.41) is 11.1. The van der Waals surface area contributed by atoms with Gasteiger partial charge in [-0.1, -0.05) is 267 Å². The van der Waals surface area contributed by atoms with E-state index >= 15 is 0 Å². The molecular formula is C61H44Si2. The standard InChI is InChI=1S/C61H44Si2/c1-7-23-45(24-8-1)62(46-25-9-2-10-26-46,47-27-11-3-12-28-47)51-39-41-55-56-42-40-52(63(48-29-13-4-14-30-48,49-31-15-5-16-32-49)50-33-17-6-18-34-50)44-60(56)61(59(55)43-51)57-37-21-19-35-53(57)54-36-20-22-38-58(54)61/h1-44H. The Morgan fingerprint density at radius 1 is 0.190 bits per heavy atom. The molecule has 0 nitrogen and oxygen atoms in total. The zero-order valence-corrected chi connectivity index (χ0v) is 36.9. The van der Waals surface area contributed by atoms with Crippen molar-refractivity contribution in [2.45, 2.75) is 5.41 Å². The minimum atomic E-state index is -2.86. The van der Waals surface area contributed by atoms with Gasteiger partial charge in [0.25, 0.3) is 0 Å². The first-order chi connectivity index (χ1) is 31.3. The molecule has 0 fully saturated rings. The van der Waals surface area contributed by atoms with Crippen LogP contribution in [-0.4, -0.2) is 16.1 Å². The van der Waals surface area contributed by atoms with E-state index in [1.807, 2.05) is 0 Å². The maximum atomic E-state index is 2.66. The van der Waals surface area contributed by atoms with Crippen LogP contribution in [0.1, 0.15) is 22.3 Å². The Morgan fingerprint density at radius 3 is 0.714 bits per heavy atom. The third-order valence-electron chi connectivity index (χ3n) is 14.2. The van der Waals surface area contributed by atoms with Crippen LogP contribution in [0.3, 0.4) is 0 Å². The highest BCUT2D eigenvalue weighted by Gasteiger charge is 2.54. The molecule has 12 rings (SSSR count). The van der Waals surface area contributed by atoms with Crippen molar-refractivity contribution in [2.24, 2.45) is 0 Å². The van der Waals surface area contributed by atoms with Crippen molar-refractivity contribution in [3.63, 3.8) is 0 Å². The van der Waals surface area contributed by atoms with E-state index in [-0.39, 0.29) is 0 Å². The first-order valence-corrected chi connectivity index (χ1v) is 26.1. The quantitative estimate of drug-likeness (QED) is 0.106. The predicted molar refractivity (Wildman–Crippen MR) is 270 cm³/mol. The van der Waals surface area contributed by atoms with Crippen LogP contribution >= 0.6 is 0 Å². The minimum absolute atomic E-state index is 0.543. The van der Waals surface area contributed by atoms with E-state index in [9.17, 15) is 0 Å². The average Bonchev–Trinajstić information content (AvgIpc) is 3.83. The van der Waals surface area contributed by atoms with Gasteiger partial charge in [-0.25, -0.2) is 0 Å². The first-order valence-electron chi connectivity index (χ1n) is 22.1. The fraction of sp³-hybridized carbons (Fsp3) is 0.0164. The summed E-state index contributed by atoms with van der Waals surface area (Å²) in [4.78, 5) is 0. The minimum Gasteiger partial charge on any atom is -0.0623 e. The van der Waals surface area contributed by atoms with Gasteiger partial charge in [0.05, 0.1) is 5.41 Å². The molecule has 296 valence electrons. The van der Waals surface area contributed by atoms with Crippen molar-refractivity contribution < 1.29 is 0 Å². The van der Waals surface area contributed by atoms with Crippen LogP contribution in [-0.2, 0) is 5.41 Å². The van der Waals surface area contributed by atoms with E-state index in [1.165, 1.54) is 86.0 Å². The predicted octanol–water partition coefficient (Wildman–Crippen LogP) is 8.78. The van der Waals surface area contributed by atoms with Crippen LogP contribution in [0.25, 0.3) is 22.3 Å². The van der Waals surface area contributed by atoms with Crippen LogP contribution in [0, 0.1) is 0 Å². The zero-order valence-electron chi connectivity index (χ0n) is 34.9. The molecule has 0 radical (unpaired) electrons. The van der Waals surface area contributed by atoms with Gasteiger partial charge in [0.2, 0.25) is 0 Å². The maximum Gasteiger partial charge on any atom is 0.179 e. The Labute approximate surface area is 372 Å². The fourth-order valence-electron chi connectivity index (χ4n) is 11.7. The molecule has 0 atom stereocenters. The molecule has 0 saturated heterocycles. The molecule has 0 bridgehead atoms. The van der Waals surface area contributed by atoms with Gasteiger partial charge >= 0.3 is 0 Å². The molecule has 1 spiro atoms. The summed E-state index contributed by atoms with van der Waals surface area (Å²) in [6, 6.07) is 102. The monoisotopic (exact) mass is 832 g/mol. The summed E-state index contributed by atoms with van der Waals surface area (Å²) in [7, 11) is -5.73. The Balaban J connectivity index is 1.21. The third-order valence-corrected chi connectivity index (χ3v) is 23.7. The highest BCUT2D eigenvalue weighted by molar-refractivity contribution is 7.20. The summed E-state index contributed by atoms with van der Waals surface area (Å²) in [6.07, 6.45) is 0. The Bertz CT molecular complexity index is 2840. The van der Waals surface area contributed by atoms with Crippen LogP contribution in [0.2, 0.25) is 0 Å². The van der Waals surface area contributed by atoms with Gasteiger partial charge in [-0.15, -0.1) is 0 Å². The number of benzene rings is 10. The van der Waals surface area contributed by atoms with Gasteiger partial charge in [0.1, 0.15) is 0 Å². The van der Waals surface area contributed by atoms with Crippen LogP contribution in [0.5, 0.6) is 0 Å². The molecule has 10 aromatic rings. The molecule has 63 heavy (non-hydrogen) atoms. The lowest BCUT2D eigenvalue weighted by Crippen LogP contribution is -2.74. The van der Waals surface area contributed by atoms with Crippen molar-refractivity contribution in [3.8, 4) is 22.3 Å². The second-order valence-electron chi connectivity index (χ2n) is 17.1. The van der Waals surface area contributed by atoms with Gasteiger partial charge in [-0.3, -0.25) is 0 Å². The van der Waals surface area contributed by atoms with Gasteiger partial charge in [0, 0.05) is 0 Å². The van der Waals surface area contributed by atoms with E-state index in [0.29, 0.717) is 0 Å². The van der Waals surface area contributed by atoms with Crippen molar-refractivity contribution >= 4 is 57.6 Å². The highest BCUT2D eigenvalue weighted by atomic mass is 28.3. The largest absolute Gasteiger partial charge is 0.179 e. The normalized spacial score (nSPS) is 13.2. The fourth-order valence-corrected chi connectivity index (χ4v) is 21.3. The summed E-state index contributed by atoms with van der Waals surface area (Å²) in [6.45, 7) is 0. The number of fused-ring (bicyclic) bond motifs is 10. The lowest BCUT2D eigenvalue weighted by molar-refractivity contribution is 0.795. The Morgan fingerprint density at radius 2 is 0.429 bits per heavy atom. The van der Waals surface area contributed by atoms with Crippen LogP contribution in [0.15, 0.2) is 267 Å². The number of hydrogen-bond donors (Lipinski definition) is 0. The molecule has 0 amide bonds. The van der Waals surface area contributed by atoms with Gasteiger partial charge in [-0.05, 0) is 86.0 Å². The molecule has 0 heterocycles. The molecule has 10 aromatic carbocycles. The first kappa shape index (κ1) is 37.4. The van der Waals surface area contributed by atoms with Gasteiger partial charge in [-0.2, -0.15) is 0 Å². The molecule has 0 saturated carbocycles. The Kier molecular flexibility index (Phi) is 8.86. The SMILES string of the molecule is c1ccc([Si](c2ccccc2)(c2ccccc2)c2ccc3c(c2)C2(c4ccccc4-c4ccccc42)c2cc([Si](c4ccccc4)(c4ccccc4)c4ccccc4)ccc2-3)cc1. The summed E-state index contributed by atoms with van der Waals surface area (Å²) >= 11 is 0. The van der Waals surface area contributed by atoms with Crippen LogP contribution < -0.4 is 41.5 Å². The van der Waals surface area contributed by atoms with Crippen LogP contribution in [0.4, 0.5) is 0 Å². The van der Waals surface area contributed by atoms with E-state index in [1.54, 1.807) is 0 Å². The molecule has 0 N–H and O–H groups in total. The second kappa shape index (κ2) is 14.9. The average molecular weight is 833 g/mol. The Hall–Kier alpha value is -7.37. The molecule has 2 aliphatic carbocycles. The zero-order chi connectivity index (χ0) is 41.9. The van der Waals surface area contributed by atoms with Crippen molar-refractivity contribution in [1.29, 1.82) is 0 Å². The second-order valence-corrected chi connectivity index (χ2v) is 24.7. The number of hydrogen-bond acceptors (Lipinski definition) is 0. The summed E-state index contributed by atoms with van der Waals surface area (Å²) < 4.78 is 0. The molecule has 0 unspecified atom stereocenters. The topological polar surface area (TPSA) is 0 Å². The van der Waals surface area contributed by atoms with E-state index in [2.05, 4.69) is 267 Å². The lowest BCUT2D eigenvalue weighted by Gasteiger charge is -2.37. The molecule has 0 aliphatic heterocycles. The molecule has 2 heteroatoms. The molecule has 0 aromatic heterocycles. The van der Waals surface area contributed by atoms with Crippen molar-refractivity contribution in [2.75, 3.05) is 0 Å². The van der Waals surface area contributed by atoms with E-state index in [4.69, 9.17) is 0 Å². The molecular weight excluding hydrogens is 789 g/mol.